The molecule has 3 aromatic heterocycles. The van der Waals surface area contributed by atoms with Crippen molar-refractivity contribution in [1.82, 2.24) is 24.5 Å². The molecule has 1 aliphatic heterocycles. The molecule has 0 spiro atoms. The first-order valence-corrected chi connectivity index (χ1v) is 11.1. The summed E-state index contributed by atoms with van der Waals surface area (Å²) in [6.07, 6.45) is 10.6. The highest BCUT2D eigenvalue weighted by Crippen LogP contribution is 2.23. The maximum atomic E-state index is 4.73. The molecule has 2 N–H and O–H groups in total. The number of piperidine rings is 1. The summed E-state index contributed by atoms with van der Waals surface area (Å²) in [6, 6.07) is 6.73. The minimum absolute atomic E-state index is 0.677. The molecule has 1 atom stereocenters. The Bertz CT molecular complexity index is 927. The largest absolute Gasteiger partial charge is 0.370 e. The van der Waals surface area contributed by atoms with E-state index in [-0.39, 0.29) is 0 Å². The third-order valence-corrected chi connectivity index (χ3v) is 6.05. The molecule has 7 nitrogen and oxygen atoms in total. The lowest BCUT2D eigenvalue weighted by Crippen LogP contribution is -2.38. The van der Waals surface area contributed by atoms with Crippen molar-refractivity contribution in [2.75, 3.05) is 30.3 Å². The number of aromatic nitrogens is 4. The standard InChI is InChI=1S/C21H28BrN7/c1-16-6-2-3-10-28(16)11-5-9-24-19-12-20(25-14-17-7-4-8-23-13-17)29-21(27-19)18(22)15-26-29/h4,7-8,12-13,15-16,25H,2-3,5-6,9-11,14H2,1H3,(H,24,27). The van der Waals surface area contributed by atoms with E-state index in [9.17, 15) is 0 Å². The van der Waals surface area contributed by atoms with Crippen LogP contribution in [0, 0.1) is 0 Å². The third kappa shape index (κ3) is 5.05. The average molecular weight is 458 g/mol. The van der Waals surface area contributed by atoms with Gasteiger partial charge in [0.15, 0.2) is 5.65 Å². The zero-order chi connectivity index (χ0) is 20.1. The molecule has 0 bridgehead atoms. The van der Waals surface area contributed by atoms with Gasteiger partial charge in [0.05, 0.1) is 10.7 Å². The van der Waals surface area contributed by atoms with Crippen molar-refractivity contribution < 1.29 is 0 Å². The quantitative estimate of drug-likeness (QED) is 0.494. The molecule has 1 unspecified atom stereocenters. The fourth-order valence-electron chi connectivity index (χ4n) is 3.84. The number of nitrogens with zero attached hydrogens (tertiary/aromatic N) is 5. The lowest BCUT2D eigenvalue weighted by molar-refractivity contribution is 0.160. The van der Waals surface area contributed by atoms with Crippen molar-refractivity contribution >= 4 is 33.2 Å². The van der Waals surface area contributed by atoms with E-state index in [2.05, 4.69) is 54.5 Å². The van der Waals surface area contributed by atoms with E-state index in [1.54, 1.807) is 12.4 Å². The molecule has 3 aromatic rings. The summed E-state index contributed by atoms with van der Waals surface area (Å²) in [5.74, 6) is 1.76. The Morgan fingerprint density at radius 2 is 2.17 bits per heavy atom. The highest BCUT2D eigenvalue weighted by molar-refractivity contribution is 9.10. The molecular weight excluding hydrogens is 430 g/mol. The molecule has 1 fully saturated rings. The number of nitrogens with one attached hydrogen (secondary N) is 2. The number of halogens is 1. The van der Waals surface area contributed by atoms with Crippen LogP contribution in [0.25, 0.3) is 5.65 Å². The number of pyridine rings is 1. The second kappa shape index (κ2) is 9.54. The van der Waals surface area contributed by atoms with Gasteiger partial charge in [0.2, 0.25) is 0 Å². The predicted molar refractivity (Wildman–Crippen MR) is 120 cm³/mol. The van der Waals surface area contributed by atoms with E-state index >= 15 is 0 Å². The van der Waals surface area contributed by atoms with E-state index in [1.807, 2.05) is 22.8 Å². The molecule has 4 heterocycles. The van der Waals surface area contributed by atoms with Gasteiger partial charge in [-0.05, 0) is 60.3 Å². The Morgan fingerprint density at radius 1 is 1.24 bits per heavy atom. The van der Waals surface area contributed by atoms with Gasteiger partial charge in [-0.2, -0.15) is 9.61 Å². The number of rotatable bonds is 8. The summed E-state index contributed by atoms with van der Waals surface area (Å²) >= 11 is 3.55. The first-order valence-electron chi connectivity index (χ1n) is 10.4. The van der Waals surface area contributed by atoms with Gasteiger partial charge < -0.3 is 15.5 Å². The number of anilines is 2. The van der Waals surface area contributed by atoms with Crippen LogP contribution in [0.15, 0.2) is 41.3 Å². The summed E-state index contributed by atoms with van der Waals surface area (Å²) in [5, 5.41) is 11.4. The van der Waals surface area contributed by atoms with E-state index in [4.69, 9.17) is 4.98 Å². The number of fused-ring (bicyclic) bond motifs is 1. The van der Waals surface area contributed by atoms with Gasteiger partial charge >= 0.3 is 0 Å². The second-order valence-electron chi connectivity index (χ2n) is 7.63. The minimum Gasteiger partial charge on any atom is -0.370 e. The fourth-order valence-corrected chi connectivity index (χ4v) is 4.18. The molecular formula is C21H28BrN7. The molecule has 1 saturated heterocycles. The average Bonchev–Trinajstić information content (AvgIpc) is 3.12. The van der Waals surface area contributed by atoms with Crippen molar-refractivity contribution in [3.05, 3.63) is 46.8 Å². The molecule has 29 heavy (non-hydrogen) atoms. The summed E-state index contributed by atoms with van der Waals surface area (Å²) in [7, 11) is 0. The van der Waals surface area contributed by atoms with Crippen molar-refractivity contribution in [3.8, 4) is 0 Å². The van der Waals surface area contributed by atoms with Crippen LogP contribution >= 0.6 is 15.9 Å². The van der Waals surface area contributed by atoms with Crippen molar-refractivity contribution in [2.24, 2.45) is 0 Å². The Kier molecular flexibility index (Phi) is 6.61. The van der Waals surface area contributed by atoms with Crippen molar-refractivity contribution in [3.63, 3.8) is 0 Å². The van der Waals surface area contributed by atoms with Crippen LogP contribution in [0.4, 0.5) is 11.6 Å². The van der Waals surface area contributed by atoms with Crippen LogP contribution in [-0.2, 0) is 6.54 Å². The summed E-state index contributed by atoms with van der Waals surface area (Å²) in [5.41, 5.74) is 1.92. The van der Waals surface area contributed by atoms with Crippen LogP contribution in [0.5, 0.6) is 0 Å². The van der Waals surface area contributed by atoms with Crippen LogP contribution in [0.1, 0.15) is 38.2 Å². The van der Waals surface area contributed by atoms with Gasteiger partial charge in [-0.1, -0.05) is 12.5 Å². The van der Waals surface area contributed by atoms with Gasteiger partial charge in [0.25, 0.3) is 0 Å². The first-order chi connectivity index (χ1) is 14.2. The van der Waals surface area contributed by atoms with Gasteiger partial charge in [0.1, 0.15) is 11.6 Å². The van der Waals surface area contributed by atoms with E-state index in [0.29, 0.717) is 12.6 Å². The molecule has 1 aliphatic rings. The lowest BCUT2D eigenvalue weighted by atomic mass is 10.0. The molecule has 8 heteroatoms. The molecule has 4 rings (SSSR count). The van der Waals surface area contributed by atoms with Crippen molar-refractivity contribution in [2.45, 2.75) is 45.2 Å². The summed E-state index contributed by atoms with van der Waals surface area (Å²) in [6.45, 7) is 6.30. The minimum atomic E-state index is 0.677. The smallest absolute Gasteiger partial charge is 0.173 e. The molecule has 0 aliphatic carbocycles. The zero-order valence-electron chi connectivity index (χ0n) is 16.8. The first kappa shape index (κ1) is 20.1. The summed E-state index contributed by atoms with van der Waals surface area (Å²) < 4.78 is 2.70. The normalized spacial score (nSPS) is 17.5. The zero-order valence-corrected chi connectivity index (χ0v) is 18.4. The Labute approximate surface area is 180 Å². The molecule has 0 radical (unpaired) electrons. The van der Waals surface area contributed by atoms with Crippen LogP contribution < -0.4 is 10.6 Å². The third-order valence-electron chi connectivity index (χ3n) is 5.49. The van der Waals surface area contributed by atoms with E-state index in [0.717, 1.165) is 46.8 Å². The fraction of sp³-hybridized carbons (Fsp3) is 0.476. The van der Waals surface area contributed by atoms with Gasteiger partial charge in [-0.25, -0.2) is 4.98 Å². The van der Waals surface area contributed by atoms with Crippen LogP contribution in [0.3, 0.4) is 0 Å². The monoisotopic (exact) mass is 457 g/mol. The van der Waals surface area contributed by atoms with Gasteiger partial charge in [0, 0.05) is 44.1 Å². The van der Waals surface area contributed by atoms with Gasteiger partial charge in [-0.15, -0.1) is 0 Å². The Balaban J connectivity index is 1.40. The molecule has 0 aromatic carbocycles. The molecule has 0 amide bonds. The second-order valence-corrected chi connectivity index (χ2v) is 8.48. The number of likely N-dealkylation sites (tertiary alicyclic amines) is 1. The highest BCUT2D eigenvalue weighted by Gasteiger charge is 2.17. The summed E-state index contributed by atoms with van der Waals surface area (Å²) in [4.78, 5) is 11.5. The highest BCUT2D eigenvalue weighted by atomic mass is 79.9. The number of hydrogen-bond donors (Lipinski definition) is 2. The Morgan fingerprint density at radius 3 is 3.00 bits per heavy atom. The predicted octanol–water partition coefficient (Wildman–Crippen LogP) is 4.18. The lowest BCUT2D eigenvalue weighted by Gasteiger charge is -2.33. The van der Waals surface area contributed by atoms with Gasteiger partial charge in [-0.3, -0.25) is 4.98 Å². The van der Waals surface area contributed by atoms with Crippen LogP contribution in [0.2, 0.25) is 0 Å². The maximum Gasteiger partial charge on any atom is 0.173 e. The molecule has 0 saturated carbocycles. The van der Waals surface area contributed by atoms with E-state index in [1.165, 1.54) is 25.8 Å². The topological polar surface area (TPSA) is 70.4 Å². The molecule has 154 valence electrons. The van der Waals surface area contributed by atoms with Crippen LogP contribution in [-0.4, -0.2) is 50.2 Å². The van der Waals surface area contributed by atoms with E-state index < -0.39 is 0 Å². The van der Waals surface area contributed by atoms with Crippen molar-refractivity contribution in [1.29, 1.82) is 0 Å². The maximum absolute atomic E-state index is 4.73. The number of hydrogen-bond acceptors (Lipinski definition) is 6. The SMILES string of the molecule is CC1CCCCN1CCCNc1cc(NCc2cccnc2)n2ncc(Br)c2n1. The Hall–Kier alpha value is -2.19.